The van der Waals surface area contributed by atoms with Crippen molar-refractivity contribution in [3.63, 3.8) is 0 Å². The SMILES string of the molecule is c1ccc(N(c2ccccc2)c2ccc3c(c2)oc2cccc(-c4cc(N(c5ccccc5)c5cccc6c5oc5ccccc56)c5c(c4)sc4ccccc45)c23)cc1. The largest absolute Gasteiger partial charge is 0.456 e. The standard InChI is InChI=1S/C54H34N2O2S/c1-4-16-36(17-5-1)55(37-18-6-2-7-19-37)39-30-31-43-49(34-39)57-48-28-15-24-40(52(43)48)35-32-46(53-44-23-11-13-29-50(44)59-51(53)33-35)56(38-20-8-3-9-21-38)45-26-14-25-42-41-22-10-12-27-47(41)58-54(42)45/h1-34H. The van der Waals surface area contributed by atoms with Gasteiger partial charge in [0, 0.05) is 70.5 Å². The third-order valence-electron chi connectivity index (χ3n) is 11.4. The lowest BCUT2D eigenvalue weighted by Gasteiger charge is -2.27. The van der Waals surface area contributed by atoms with Crippen molar-refractivity contribution >= 4 is 110 Å². The van der Waals surface area contributed by atoms with Crippen LogP contribution in [-0.2, 0) is 0 Å². The van der Waals surface area contributed by atoms with Crippen molar-refractivity contribution in [2.24, 2.45) is 0 Å². The van der Waals surface area contributed by atoms with Gasteiger partial charge in [-0.1, -0.05) is 115 Å². The van der Waals surface area contributed by atoms with Crippen LogP contribution in [0.25, 0.3) is 75.2 Å². The molecule has 0 bridgehead atoms. The number of furan rings is 2. The van der Waals surface area contributed by atoms with Crippen LogP contribution in [0.4, 0.5) is 34.1 Å². The van der Waals surface area contributed by atoms with E-state index in [1.54, 1.807) is 0 Å². The molecule has 3 aromatic heterocycles. The van der Waals surface area contributed by atoms with Crippen molar-refractivity contribution in [1.29, 1.82) is 0 Å². The van der Waals surface area contributed by atoms with Crippen LogP contribution >= 0.6 is 11.3 Å². The van der Waals surface area contributed by atoms with Gasteiger partial charge in [0.25, 0.3) is 0 Å². The van der Waals surface area contributed by atoms with Crippen molar-refractivity contribution in [2.45, 2.75) is 0 Å². The number of rotatable bonds is 7. The van der Waals surface area contributed by atoms with E-state index in [2.05, 4.69) is 210 Å². The van der Waals surface area contributed by atoms with E-state index in [4.69, 9.17) is 8.83 Å². The highest BCUT2D eigenvalue weighted by Crippen LogP contribution is 2.50. The molecule has 0 aliphatic rings. The summed E-state index contributed by atoms with van der Waals surface area (Å²) in [5, 5.41) is 6.81. The van der Waals surface area contributed by atoms with E-state index in [-0.39, 0.29) is 0 Å². The Morgan fingerprint density at radius 1 is 0.339 bits per heavy atom. The Balaban J connectivity index is 1.10. The van der Waals surface area contributed by atoms with Crippen LogP contribution in [-0.4, -0.2) is 0 Å². The van der Waals surface area contributed by atoms with Crippen LogP contribution < -0.4 is 9.80 Å². The first-order chi connectivity index (χ1) is 29.3. The van der Waals surface area contributed by atoms with E-state index in [1.165, 1.54) is 20.2 Å². The van der Waals surface area contributed by atoms with Crippen molar-refractivity contribution in [3.8, 4) is 11.1 Å². The van der Waals surface area contributed by atoms with Gasteiger partial charge in [0.1, 0.15) is 16.7 Å². The Morgan fingerprint density at radius 2 is 0.966 bits per heavy atom. The lowest BCUT2D eigenvalue weighted by molar-refractivity contribution is 0.668. The predicted molar refractivity (Wildman–Crippen MR) is 249 cm³/mol. The number of thiophene rings is 1. The maximum atomic E-state index is 6.76. The van der Waals surface area contributed by atoms with Gasteiger partial charge in [-0.2, -0.15) is 0 Å². The average molecular weight is 775 g/mol. The van der Waals surface area contributed by atoms with Crippen LogP contribution in [0.3, 0.4) is 0 Å². The number of para-hydroxylation sites is 5. The van der Waals surface area contributed by atoms with Crippen LogP contribution in [0.5, 0.6) is 0 Å². The second-order valence-corrected chi connectivity index (χ2v) is 15.9. The van der Waals surface area contributed by atoms with E-state index in [9.17, 15) is 0 Å². The van der Waals surface area contributed by atoms with Gasteiger partial charge < -0.3 is 18.6 Å². The molecule has 0 spiro atoms. The summed E-state index contributed by atoms with van der Waals surface area (Å²) in [5.74, 6) is 0. The molecule has 3 heterocycles. The molecule has 0 atom stereocenters. The molecule has 0 radical (unpaired) electrons. The van der Waals surface area contributed by atoms with Crippen molar-refractivity contribution < 1.29 is 8.83 Å². The van der Waals surface area contributed by atoms with Gasteiger partial charge in [-0.15, -0.1) is 11.3 Å². The quantitative estimate of drug-likeness (QED) is 0.161. The zero-order valence-electron chi connectivity index (χ0n) is 31.7. The normalized spacial score (nSPS) is 11.7. The zero-order chi connectivity index (χ0) is 38.9. The van der Waals surface area contributed by atoms with E-state index < -0.39 is 0 Å². The number of nitrogens with zero attached hydrogens (tertiary/aromatic N) is 2. The number of hydrogen-bond acceptors (Lipinski definition) is 5. The maximum absolute atomic E-state index is 6.76. The van der Waals surface area contributed by atoms with Crippen molar-refractivity contribution in [3.05, 3.63) is 206 Å². The fourth-order valence-electron chi connectivity index (χ4n) is 8.85. The van der Waals surface area contributed by atoms with Crippen LogP contribution in [0.2, 0.25) is 0 Å². The Labute approximate surface area is 344 Å². The molecular weight excluding hydrogens is 741 g/mol. The van der Waals surface area contributed by atoms with E-state index in [1.807, 2.05) is 17.4 Å². The molecule has 0 N–H and O–H groups in total. The van der Waals surface area contributed by atoms with Crippen molar-refractivity contribution in [2.75, 3.05) is 9.80 Å². The fraction of sp³-hybridized carbons (Fsp3) is 0. The molecule has 59 heavy (non-hydrogen) atoms. The molecule has 9 aromatic carbocycles. The number of anilines is 6. The minimum atomic E-state index is 0.840. The lowest BCUT2D eigenvalue weighted by atomic mass is 9.96. The minimum absolute atomic E-state index is 0.840. The Morgan fingerprint density at radius 3 is 1.73 bits per heavy atom. The molecule has 5 heteroatoms. The molecule has 12 rings (SSSR count). The molecule has 12 aromatic rings. The molecule has 0 saturated heterocycles. The average Bonchev–Trinajstić information content (AvgIpc) is 3.99. The van der Waals surface area contributed by atoms with E-state index >= 15 is 0 Å². The summed E-state index contributed by atoms with van der Waals surface area (Å²) >= 11 is 1.83. The topological polar surface area (TPSA) is 32.8 Å². The van der Waals surface area contributed by atoms with Gasteiger partial charge in [-0.25, -0.2) is 0 Å². The molecule has 0 aliphatic heterocycles. The smallest absolute Gasteiger partial charge is 0.159 e. The highest BCUT2D eigenvalue weighted by atomic mass is 32.1. The fourth-order valence-corrected chi connectivity index (χ4v) is 10.0. The van der Waals surface area contributed by atoms with Gasteiger partial charge in [0.2, 0.25) is 0 Å². The Bertz CT molecular complexity index is 3470. The molecule has 0 aliphatic carbocycles. The van der Waals surface area contributed by atoms with Crippen LogP contribution in [0.15, 0.2) is 215 Å². The number of benzene rings is 9. The van der Waals surface area contributed by atoms with Gasteiger partial charge in [0.15, 0.2) is 5.58 Å². The summed E-state index contributed by atoms with van der Waals surface area (Å²) in [6.07, 6.45) is 0. The summed E-state index contributed by atoms with van der Waals surface area (Å²) in [6.45, 7) is 0. The van der Waals surface area contributed by atoms with Crippen LogP contribution in [0.1, 0.15) is 0 Å². The molecular formula is C54H34N2O2S. The number of hydrogen-bond donors (Lipinski definition) is 0. The monoisotopic (exact) mass is 774 g/mol. The Kier molecular flexibility index (Phi) is 7.68. The highest BCUT2D eigenvalue weighted by molar-refractivity contribution is 7.26. The molecule has 4 nitrogen and oxygen atoms in total. The third kappa shape index (κ3) is 5.43. The second kappa shape index (κ2) is 13.5. The van der Waals surface area contributed by atoms with Gasteiger partial charge in [-0.3, -0.25) is 0 Å². The van der Waals surface area contributed by atoms with Gasteiger partial charge in [-0.05, 0) is 96.1 Å². The summed E-state index contributed by atoms with van der Waals surface area (Å²) in [7, 11) is 0. The van der Waals surface area contributed by atoms with E-state index in [0.29, 0.717) is 0 Å². The van der Waals surface area contributed by atoms with Crippen LogP contribution in [0, 0.1) is 0 Å². The predicted octanol–water partition coefficient (Wildman–Crippen LogP) is 16.5. The summed E-state index contributed by atoms with van der Waals surface area (Å²) in [5.41, 5.74) is 12.0. The molecule has 0 unspecified atom stereocenters. The molecule has 278 valence electrons. The summed E-state index contributed by atoms with van der Waals surface area (Å²) < 4.78 is 15.9. The van der Waals surface area contributed by atoms with E-state index in [0.717, 1.165) is 89.1 Å². The Hall–Kier alpha value is -7.60. The first-order valence-corrected chi connectivity index (χ1v) is 20.7. The van der Waals surface area contributed by atoms with Crippen molar-refractivity contribution in [1.82, 2.24) is 0 Å². The van der Waals surface area contributed by atoms with Gasteiger partial charge >= 0.3 is 0 Å². The third-order valence-corrected chi connectivity index (χ3v) is 12.5. The summed E-state index contributed by atoms with van der Waals surface area (Å²) in [6, 6.07) is 72.9. The lowest BCUT2D eigenvalue weighted by Crippen LogP contribution is -2.10. The first-order valence-electron chi connectivity index (χ1n) is 19.8. The second-order valence-electron chi connectivity index (χ2n) is 14.9. The molecule has 0 amide bonds. The summed E-state index contributed by atoms with van der Waals surface area (Å²) in [4.78, 5) is 4.66. The van der Waals surface area contributed by atoms with Gasteiger partial charge in [0.05, 0.1) is 11.4 Å². The zero-order valence-corrected chi connectivity index (χ0v) is 32.6. The molecule has 0 fully saturated rings. The molecule has 0 saturated carbocycles. The first kappa shape index (κ1) is 33.5. The maximum Gasteiger partial charge on any atom is 0.159 e. The minimum Gasteiger partial charge on any atom is -0.456 e. The highest BCUT2D eigenvalue weighted by Gasteiger charge is 2.25. The number of fused-ring (bicyclic) bond motifs is 9.